The molecule has 6 nitrogen and oxygen atoms in total. The molecule has 0 bridgehead atoms. The molecule has 0 aliphatic carbocycles. The fraction of sp³-hybridized carbons (Fsp3) is 0.550. The molecule has 2 saturated heterocycles. The minimum absolute atomic E-state index is 0.142. The van der Waals surface area contributed by atoms with Crippen LogP contribution < -0.4 is 15.8 Å². The largest absolute Gasteiger partial charge is 0.493 e. The molecule has 0 saturated carbocycles. The van der Waals surface area contributed by atoms with Crippen LogP contribution in [0.5, 0.6) is 5.75 Å². The van der Waals surface area contributed by atoms with Gasteiger partial charge in [-0.2, -0.15) is 0 Å². The zero-order valence-corrected chi connectivity index (χ0v) is 15.9. The summed E-state index contributed by atoms with van der Waals surface area (Å²) < 4.78 is 46.7. The van der Waals surface area contributed by atoms with Crippen LogP contribution in [0.3, 0.4) is 0 Å². The molecule has 28 heavy (non-hydrogen) atoms. The van der Waals surface area contributed by atoms with Gasteiger partial charge in [-0.3, -0.25) is 4.79 Å². The number of nitrogens with one attached hydrogen (secondary N) is 1. The highest BCUT2D eigenvalue weighted by molar-refractivity contribution is 6.08. The van der Waals surface area contributed by atoms with E-state index in [0.717, 1.165) is 0 Å². The summed E-state index contributed by atoms with van der Waals surface area (Å²) in [5.41, 5.74) is 6.22. The van der Waals surface area contributed by atoms with Crippen molar-refractivity contribution >= 4 is 16.9 Å². The van der Waals surface area contributed by atoms with Gasteiger partial charge in [-0.1, -0.05) is 6.92 Å². The Labute approximate surface area is 161 Å². The molecule has 2 fully saturated rings. The molecule has 8 heteroatoms. The Morgan fingerprint density at radius 2 is 2.14 bits per heavy atom. The highest BCUT2D eigenvalue weighted by Gasteiger charge is 2.45. The number of carbonyl (C=O) groups excluding carboxylic acids is 1. The molecule has 2 aliphatic heterocycles. The number of primary amides is 1. The van der Waals surface area contributed by atoms with Gasteiger partial charge in [0.05, 0.1) is 37.8 Å². The fourth-order valence-corrected chi connectivity index (χ4v) is 4.06. The Morgan fingerprint density at radius 3 is 2.75 bits per heavy atom. The summed E-state index contributed by atoms with van der Waals surface area (Å²) in [7, 11) is 0. The SMILES string of the molecule is Cc1oc2ccc(OCC3(C)COC3)c(C3CCNCC3(F)F)c2c1C(N)=O. The molecule has 1 aromatic carbocycles. The lowest BCUT2D eigenvalue weighted by Gasteiger charge is -2.38. The Morgan fingerprint density at radius 1 is 1.39 bits per heavy atom. The van der Waals surface area contributed by atoms with Crippen molar-refractivity contribution in [3.8, 4) is 5.75 Å². The van der Waals surface area contributed by atoms with Gasteiger partial charge in [0.1, 0.15) is 17.1 Å². The van der Waals surface area contributed by atoms with Gasteiger partial charge in [-0.25, -0.2) is 8.78 Å². The molecule has 1 amide bonds. The average molecular weight is 394 g/mol. The molecule has 1 aromatic heterocycles. The quantitative estimate of drug-likeness (QED) is 0.814. The second kappa shape index (κ2) is 6.70. The lowest BCUT2D eigenvalue weighted by molar-refractivity contribution is -0.120. The van der Waals surface area contributed by atoms with E-state index in [4.69, 9.17) is 19.6 Å². The molecule has 152 valence electrons. The number of alkyl halides is 2. The molecule has 4 rings (SSSR count). The number of rotatable bonds is 5. The molecule has 0 spiro atoms. The molecule has 1 unspecified atom stereocenters. The number of hydrogen-bond donors (Lipinski definition) is 2. The van der Waals surface area contributed by atoms with Crippen molar-refractivity contribution in [1.82, 2.24) is 5.32 Å². The number of amides is 1. The van der Waals surface area contributed by atoms with Gasteiger partial charge >= 0.3 is 0 Å². The Kier molecular flexibility index (Phi) is 4.58. The summed E-state index contributed by atoms with van der Waals surface area (Å²) in [4.78, 5) is 12.1. The van der Waals surface area contributed by atoms with Crippen molar-refractivity contribution in [2.45, 2.75) is 32.1 Å². The predicted octanol–water partition coefficient (Wildman–Crippen LogP) is 2.97. The number of hydrogen-bond acceptors (Lipinski definition) is 5. The number of benzene rings is 1. The minimum atomic E-state index is -2.99. The van der Waals surface area contributed by atoms with Crippen molar-refractivity contribution in [1.29, 1.82) is 0 Å². The first-order chi connectivity index (χ1) is 13.2. The van der Waals surface area contributed by atoms with Crippen LogP contribution in [0.4, 0.5) is 8.78 Å². The number of nitrogens with two attached hydrogens (primary N) is 1. The van der Waals surface area contributed by atoms with Crippen molar-refractivity contribution in [3.05, 3.63) is 29.0 Å². The fourth-order valence-electron chi connectivity index (χ4n) is 4.06. The van der Waals surface area contributed by atoms with Crippen LogP contribution in [-0.4, -0.2) is 44.7 Å². The lowest BCUT2D eigenvalue weighted by Crippen LogP contribution is -2.45. The highest BCUT2D eigenvalue weighted by atomic mass is 19.3. The third-order valence-corrected chi connectivity index (χ3v) is 5.58. The van der Waals surface area contributed by atoms with Crippen LogP contribution in [-0.2, 0) is 4.74 Å². The Bertz CT molecular complexity index is 921. The number of ether oxygens (including phenoxy) is 2. The van der Waals surface area contributed by atoms with Gasteiger partial charge in [0.15, 0.2) is 0 Å². The summed E-state index contributed by atoms with van der Waals surface area (Å²) >= 11 is 0. The van der Waals surface area contributed by atoms with Crippen molar-refractivity contribution < 1.29 is 27.5 Å². The Balaban J connectivity index is 1.87. The monoisotopic (exact) mass is 394 g/mol. The molecule has 2 aromatic rings. The number of halogens is 2. The third kappa shape index (κ3) is 3.14. The highest BCUT2D eigenvalue weighted by Crippen LogP contribution is 2.47. The van der Waals surface area contributed by atoms with E-state index in [1.54, 1.807) is 19.1 Å². The summed E-state index contributed by atoms with van der Waals surface area (Å²) in [5.74, 6) is -4.14. The molecule has 2 aliphatic rings. The summed E-state index contributed by atoms with van der Waals surface area (Å²) in [6, 6.07) is 3.29. The Hall–Kier alpha value is -2.19. The number of carbonyl (C=O) groups is 1. The van der Waals surface area contributed by atoms with Gasteiger partial charge in [0, 0.05) is 16.4 Å². The zero-order valence-electron chi connectivity index (χ0n) is 15.9. The van der Waals surface area contributed by atoms with Gasteiger partial charge in [0.25, 0.3) is 11.8 Å². The van der Waals surface area contributed by atoms with Crippen LogP contribution in [0.25, 0.3) is 11.0 Å². The normalized spacial score (nSPS) is 23.4. The van der Waals surface area contributed by atoms with E-state index in [0.29, 0.717) is 54.4 Å². The summed E-state index contributed by atoms with van der Waals surface area (Å²) in [5, 5.41) is 3.07. The number of aryl methyl sites for hydroxylation is 1. The topological polar surface area (TPSA) is 86.7 Å². The second-order valence-electron chi connectivity index (χ2n) is 8.12. The van der Waals surface area contributed by atoms with Gasteiger partial charge in [0.2, 0.25) is 0 Å². The van der Waals surface area contributed by atoms with Crippen molar-refractivity contribution in [2.24, 2.45) is 11.1 Å². The van der Waals surface area contributed by atoms with E-state index in [1.807, 2.05) is 6.92 Å². The van der Waals surface area contributed by atoms with E-state index < -0.39 is 24.3 Å². The predicted molar refractivity (Wildman–Crippen MR) is 99.1 cm³/mol. The van der Waals surface area contributed by atoms with E-state index in [9.17, 15) is 13.6 Å². The maximum Gasteiger partial charge on any atom is 0.267 e. The molecule has 3 N–H and O–H groups in total. The first-order valence-electron chi connectivity index (χ1n) is 9.37. The molecule has 1 atom stereocenters. The first-order valence-corrected chi connectivity index (χ1v) is 9.37. The number of fused-ring (bicyclic) bond motifs is 1. The molecule has 0 radical (unpaired) electrons. The van der Waals surface area contributed by atoms with E-state index in [2.05, 4.69) is 5.32 Å². The van der Waals surface area contributed by atoms with Gasteiger partial charge in [-0.15, -0.1) is 0 Å². The summed E-state index contributed by atoms with van der Waals surface area (Å²) in [6.45, 7) is 5.11. The first kappa shape index (κ1) is 19.1. The van der Waals surface area contributed by atoms with E-state index in [-0.39, 0.29) is 17.4 Å². The lowest BCUT2D eigenvalue weighted by atomic mass is 9.83. The maximum absolute atomic E-state index is 14.9. The zero-order chi connectivity index (χ0) is 20.1. The number of piperidine rings is 1. The van der Waals surface area contributed by atoms with Gasteiger partial charge < -0.3 is 24.9 Å². The molecular formula is C20H24F2N2O4. The number of furan rings is 1. The van der Waals surface area contributed by atoms with Gasteiger partial charge in [-0.05, 0) is 32.0 Å². The third-order valence-electron chi connectivity index (χ3n) is 5.58. The molecule has 3 heterocycles. The van der Waals surface area contributed by atoms with Crippen LogP contribution >= 0.6 is 0 Å². The van der Waals surface area contributed by atoms with Crippen LogP contribution in [0, 0.1) is 12.3 Å². The average Bonchev–Trinajstić information content (AvgIpc) is 2.94. The standard InChI is InChI=1S/C20H24F2N2O4/c1-11-15(18(23)25)17-14(28-11)4-3-13(27-10-19(2)8-26-9-19)16(17)12-5-6-24-7-20(12,21)22/h3-4,12,24H,5-10H2,1-2H3,(H2,23,25). The maximum atomic E-state index is 14.9. The van der Waals surface area contributed by atoms with Crippen LogP contribution in [0.2, 0.25) is 0 Å². The van der Waals surface area contributed by atoms with Crippen LogP contribution in [0.1, 0.15) is 40.9 Å². The minimum Gasteiger partial charge on any atom is -0.493 e. The smallest absolute Gasteiger partial charge is 0.267 e. The van der Waals surface area contributed by atoms with E-state index in [1.165, 1.54) is 0 Å². The molecular weight excluding hydrogens is 370 g/mol. The summed E-state index contributed by atoms with van der Waals surface area (Å²) in [6.07, 6.45) is 0.214. The van der Waals surface area contributed by atoms with Crippen molar-refractivity contribution in [3.63, 3.8) is 0 Å². The second-order valence-corrected chi connectivity index (χ2v) is 8.12. The van der Waals surface area contributed by atoms with Crippen molar-refractivity contribution in [2.75, 3.05) is 32.9 Å². The van der Waals surface area contributed by atoms with E-state index >= 15 is 0 Å². The van der Waals surface area contributed by atoms with Crippen LogP contribution in [0.15, 0.2) is 16.5 Å².